The highest BCUT2D eigenvalue weighted by Gasteiger charge is 2.23. The van der Waals surface area contributed by atoms with Gasteiger partial charge in [0.25, 0.3) is 5.91 Å². The lowest BCUT2D eigenvalue weighted by Gasteiger charge is -2.10. The van der Waals surface area contributed by atoms with E-state index in [0.29, 0.717) is 22.2 Å². The van der Waals surface area contributed by atoms with Crippen LogP contribution in [-0.2, 0) is 17.8 Å². The smallest absolute Gasteiger partial charge is 0.264 e. The summed E-state index contributed by atoms with van der Waals surface area (Å²) in [5.41, 5.74) is 4.41. The van der Waals surface area contributed by atoms with Gasteiger partial charge in [-0.05, 0) is 88.3 Å². The quantitative estimate of drug-likeness (QED) is 0.286. The van der Waals surface area contributed by atoms with Gasteiger partial charge in [0.2, 0.25) is 0 Å². The number of halogens is 1. The van der Waals surface area contributed by atoms with Gasteiger partial charge in [-0.1, -0.05) is 43.3 Å². The number of amides is 1. The van der Waals surface area contributed by atoms with Crippen molar-refractivity contribution < 1.29 is 9.53 Å². The predicted molar refractivity (Wildman–Crippen MR) is 141 cm³/mol. The molecule has 0 atom stereocenters. The summed E-state index contributed by atoms with van der Waals surface area (Å²) in [6.45, 7) is 2.43. The Kier molecular flexibility index (Phi) is 7.47. The molecule has 4 rings (SSSR count). The molecule has 1 N–H and O–H groups in total. The van der Waals surface area contributed by atoms with Crippen molar-refractivity contribution in [2.24, 2.45) is 4.99 Å². The summed E-state index contributed by atoms with van der Waals surface area (Å²) in [5.74, 6) is 0.569. The molecule has 1 aliphatic rings. The molecule has 164 valence electrons. The van der Waals surface area contributed by atoms with Crippen LogP contribution in [0.1, 0.15) is 29.2 Å². The summed E-state index contributed by atoms with van der Waals surface area (Å²) in [7, 11) is 0. The number of rotatable bonds is 6. The number of aliphatic imine (C=N–C) groups is 1. The Labute approximate surface area is 210 Å². The summed E-state index contributed by atoms with van der Waals surface area (Å²) in [5, 5.41) is 12.6. The highest BCUT2D eigenvalue weighted by molar-refractivity contribution is 14.1. The zero-order valence-corrected chi connectivity index (χ0v) is 20.8. The van der Waals surface area contributed by atoms with E-state index in [-0.39, 0.29) is 5.91 Å². The Morgan fingerprint density at radius 1 is 1.15 bits per heavy atom. The SMILES string of the molecule is CCc1ccc(N=C2NC(=O)/C(=C/c3ccc(OCc4ccccc4C#N)c(I)c3)S2)cc1. The summed E-state index contributed by atoms with van der Waals surface area (Å²) in [6.07, 6.45) is 2.82. The number of thioether (sulfide) groups is 1. The molecule has 1 saturated heterocycles. The Morgan fingerprint density at radius 3 is 2.67 bits per heavy atom. The molecule has 0 bridgehead atoms. The molecule has 33 heavy (non-hydrogen) atoms. The average Bonchev–Trinajstić information content (AvgIpc) is 3.17. The second-order valence-corrected chi connectivity index (χ2v) is 9.44. The van der Waals surface area contributed by atoms with E-state index >= 15 is 0 Å². The van der Waals surface area contributed by atoms with E-state index in [1.54, 1.807) is 6.07 Å². The second kappa shape index (κ2) is 10.7. The molecular weight excluding hydrogens is 545 g/mol. The van der Waals surface area contributed by atoms with E-state index in [0.717, 1.165) is 32.6 Å². The number of hydrogen-bond acceptors (Lipinski definition) is 5. The van der Waals surface area contributed by atoms with Crippen molar-refractivity contribution in [2.75, 3.05) is 0 Å². The number of nitrogens with one attached hydrogen (secondary N) is 1. The average molecular weight is 565 g/mol. The van der Waals surface area contributed by atoms with Crippen LogP contribution in [0, 0.1) is 14.9 Å². The fourth-order valence-corrected chi connectivity index (χ4v) is 4.73. The first kappa shape index (κ1) is 23.1. The van der Waals surface area contributed by atoms with Crippen molar-refractivity contribution in [1.29, 1.82) is 5.26 Å². The van der Waals surface area contributed by atoms with E-state index in [2.05, 4.69) is 45.9 Å². The normalized spacial score (nSPS) is 15.5. The van der Waals surface area contributed by atoms with Gasteiger partial charge >= 0.3 is 0 Å². The molecule has 0 radical (unpaired) electrons. The second-order valence-electron chi connectivity index (χ2n) is 7.25. The van der Waals surface area contributed by atoms with Crippen molar-refractivity contribution in [3.05, 3.63) is 97.5 Å². The van der Waals surface area contributed by atoms with Crippen LogP contribution in [0.25, 0.3) is 6.08 Å². The zero-order chi connectivity index (χ0) is 23.2. The third kappa shape index (κ3) is 5.83. The van der Waals surface area contributed by atoms with Gasteiger partial charge in [-0.2, -0.15) is 5.26 Å². The Morgan fingerprint density at radius 2 is 1.94 bits per heavy atom. The van der Waals surface area contributed by atoms with E-state index in [1.807, 2.05) is 66.7 Å². The van der Waals surface area contributed by atoms with Gasteiger partial charge < -0.3 is 10.1 Å². The minimum atomic E-state index is -0.160. The lowest BCUT2D eigenvalue weighted by Crippen LogP contribution is -2.19. The highest BCUT2D eigenvalue weighted by Crippen LogP contribution is 2.30. The number of nitriles is 1. The molecule has 0 spiro atoms. The lowest BCUT2D eigenvalue weighted by atomic mass is 10.1. The zero-order valence-electron chi connectivity index (χ0n) is 17.8. The minimum Gasteiger partial charge on any atom is -0.488 e. The summed E-state index contributed by atoms with van der Waals surface area (Å²) >= 11 is 3.54. The molecule has 3 aromatic carbocycles. The minimum absolute atomic E-state index is 0.160. The predicted octanol–water partition coefficient (Wildman–Crippen LogP) is 6.20. The number of ether oxygens (including phenoxy) is 1. The van der Waals surface area contributed by atoms with Crippen molar-refractivity contribution in [3.8, 4) is 11.8 Å². The Bertz CT molecular complexity index is 1290. The molecule has 0 aromatic heterocycles. The monoisotopic (exact) mass is 565 g/mol. The summed E-state index contributed by atoms with van der Waals surface area (Å²) < 4.78 is 6.85. The largest absolute Gasteiger partial charge is 0.488 e. The maximum Gasteiger partial charge on any atom is 0.264 e. The number of benzene rings is 3. The van der Waals surface area contributed by atoms with E-state index in [1.165, 1.54) is 17.3 Å². The fourth-order valence-electron chi connectivity index (χ4n) is 3.19. The van der Waals surface area contributed by atoms with Crippen LogP contribution >= 0.6 is 34.4 Å². The first-order chi connectivity index (χ1) is 16.1. The fraction of sp³-hybridized carbons (Fsp3) is 0.115. The Balaban J connectivity index is 1.45. The van der Waals surface area contributed by atoms with Gasteiger partial charge in [-0.25, -0.2) is 4.99 Å². The number of nitrogens with zero attached hydrogens (tertiary/aromatic N) is 2. The van der Waals surface area contributed by atoms with Gasteiger partial charge in [0, 0.05) is 5.56 Å². The molecule has 1 amide bonds. The van der Waals surface area contributed by atoms with Crippen molar-refractivity contribution in [3.63, 3.8) is 0 Å². The van der Waals surface area contributed by atoms with Crippen LogP contribution in [0.3, 0.4) is 0 Å². The van der Waals surface area contributed by atoms with Crippen LogP contribution in [-0.4, -0.2) is 11.1 Å². The van der Waals surface area contributed by atoms with Gasteiger partial charge in [-0.3, -0.25) is 4.79 Å². The molecule has 7 heteroatoms. The number of carbonyl (C=O) groups is 1. The van der Waals surface area contributed by atoms with E-state index in [9.17, 15) is 10.1 Å². The number of carbonyl (C=O) groups excluding carboxylic acids is 1. The van der Waals surface area contributed by atoms with Crippen LogP contribution in [0.15, 0.2) is 76.6 Å². The number of amidine groups is 1. The molecular formula is C26H20IN3O2S. The maximum atomic E-state index is 12.4. The molecule has 0 unspecified atom stereocenters. The van der Waals surface area contributed by atoms with Crippen molar-refractivity contribution >= 4 is 57.2 Å². The third-order valence-corrected chi connectivity index (χ3v) is 6.75. The molecule has 1 aliphatic heterocycles. The van der Waals surface area contributed by atoms with Crippen molar-refractivity contribution in [1.82, 2.24) is 5.32 Å². The first-order valence-corrected chi connectivity index (χ1v) is 12.2. The van der Waals surface area contributed by atoms with Gasteiger partial charge in [0.05, 0.1) is 25.8 Å². The third-order valence-electron chi connectivity index (χ3n) is 5.00. The van der Waals surface area contributed by atoms with Crippen LogP contribution in [0.5, 0.6) is 5.75 Å². The molecule has 1 heterocycles. The van der Waals surface area contributed by atoms with Gasteiger partial charge in [-0.15, -0.1) is 0 Å². The highest BCUT2D eigenvalue weighted by atomic mass is 127. The Hall–Kier alpha value is -3.09. The number of aryl methyl sites for hydroxylation is 1. The molecule has 3 aromatic rings. The first-order valence-electron chi connectivity index (χ1n) is 10.3. The topological polar surface area (TPSA) is 74.5 Å². The molecule has 5 nitrogen and oxygen atoms in total. The van der Waals surface area contributed by atoms with E-state index in [4.69, 9.17) is 4.74 Å². The van der Waals surface area contributed by atoms with Gasteiger partial charge in [0.1, 0.15) is 12.4 Å². The van der Waals surface area contributed by atoms with Crippen LogP contribution in [0.2, 0.25) is 0 Å². The van der Waals surface area contributed by atoms with Crippen LogP contribution < -0.4 is 10.1 Å². The summed E-state index contributed by atoms with van der Waals surface area (Å²) in [6, 6.07) is 23.3. The molecule has 0 aliphatic carbocycles. The number of hydrogen-bond donors (Lipinski definition) is 1. The summed E-state index contributed by atoms with van der Waals surface area (Å²) in [4.78, 5) is 17.5. The standard InChI is InChI=1S/C26H20IN3O2S/c1-2-17-7-10-21(11-8-17)29-26-30-25(31)24(33-26)14-18-9-12-23(22(27)13-18)32-16-20-6-4-3-5-19(20)15-28/h3-14H,2,16H2,1H3,(H,29,30,31)/b24-14-. The molecule has 1 fully saturated rings. The van der Waals surface area contributed by atoms with Gasteiger partial charge in [0.15, 0.2) is 5.17 Å². The van der Waals surface area contributed by atoms with Crippen LogP contribution in [0.4, 0.5) is 5.69 Å². The lowest BCUT2D eigenvalue weighted by molar-refractivity contribution is -0.115. The maximum absolute atomic E-state index is 12.4. The van der Waals surface area contributed by atoms with Crippen molar-refractivity contribution in [2.45, 2.75) is 20.0 Å². The molecule has 0 saturated carbocycles. The van der Waals surface area contributed by atoms with E-state index < -0.39 is 0 Å².